The number of rotatable bonds is 1. The van der Waals surface area contributed by atoms with Gasteiger partial charge in [-0.2, -0.15) is 0 Å². The molecule has 0 saturated carbocycles. The number of hydrogen-bond acceptors (Lipinski definition) is 4. The summed E-state index contributed by atoms with van der Waals surface area (Å²) in [5.41, 5.74) is 1.08. The van der Waals surface area contributed by atoms with Gasteiger partial charge in [0.1, 0.15) is 0 Å². The summed E-state index contributed by atoms with van der Waals surface area (Å²) in [4.78, 5) is 12.4. The molecular weight excluding hydrogens is 316 g/mol. The van der Waals surface area contributed by atoms with Crippen molar-refractivity contribution < 1.29 is 19.4 Å². The van der Waals surface area contributed by atoms with Crippen LogP contribution in [-0.2, 0) is 20.1 Å². The zero-order valence-corrected chi connectivity index (χ0v) is 12.8. The molecule has 4 bridgehead atoms. The van der Waals surface area contributed by atoms with Crippen LogP contribution in [0.25, 0.3) is 0 Å². The van der Waals surface area contributed by atoms with E-state index in [0.29, 0.717) is 10.6 Å². The molecule has 5 heteroatoms. The molecule has 4 atom stereocenters. The number of aliphatic hydroxyl groups is 1. The standard InChI is InChI=1S/C18H13ClO4/c19-11-7-5-10(6-8-11)18-15-13-4-2-1-3-12(13)14(22-18)9-17(15,21)16(20)23-18/h1-8,14-15,21H,9H2/t14-,15-,17-,18-/m1/s1. The van der Waals surface area contributed by atoms with Crippen LogP contribution < -0.4 is 0 Å². The molecule has 0 amide bonds. The fourth-order valence-electron chi connectivity index (χ4n) is 4.22. The summed E-state index contributed by atoms with van der Waals surface area (Å²) in [5.74, 6) is -2.48. The second-order valence-corrected chi connectivity index (χ2v) is 6.80. The van der Waals surface area contributed by atoms with Crippen LogP contribution in [0.2, 0.25) is 5.02 Å². The molecule has 116 valence electrons. The van der Waals surface area contributed by atoms with E-state index in [1.165, 1.54) is 0 Å². The van der Waals surface area contributed by atoms with Gasteiger partial charge >= 0.3 is 5.97 Å². The first-order valence-corrected chi connectivity index (χ1v) is 7.91. The molecule has 1 aliphatic carbocycles. The highest BCUT2D eigenvalue weighted by Gasteiger charge is 2.74. The van der Waals surface area contributed by atoms with Crippen molar-refractivity contribution in [3.63, 3.8) is 0 Å². The summed E-state index contributed by atoms with van der Waals surface area (Å²) < 4.78 is 11.8. The fourth-order valence-corrected chi connectivity index (χ4v) is 4.35. The lowest BCUT2D eigenvalue weighted by atomic mass is 9.65. The molecule has 3 heterocycles. The van der Waals surface area contributed by atoms with E-state index in [2.05, 4.69) is 0 Å². The predicted octanol–water partition coefficient (Wildman–Crippen LogP) is 3.04. The van der Waals surface area contributed by atoms with E-state index in [0.717, 1.165) is 11.1 Å². The third-order valence-corrected chi connectivity index (χ3v) is 5.42. The quantitative estimate of drug-likeness (QED) is 0.818. The summed E-state index contributed by atoms with van der Waals surface area (Å²) in [6.07, 6.45) is -0.147. The Morgan fingerprint density at radius 1 is 1.09 bits per heavy atom. The van der Waals surface area contributed by atoms with Crippen LogP contribution in [-0.4, -0.2) is 16.7 Å². The number of carbonyl (C=O) groups is 1. The normalized spacial score (nSPS) is 36.7. The average molecular weight is 329 g/mol. The van der Waals surface area contributed by atoms with Gasteiger partial charge < -0.3 is 14.6 Å². The summed E-state index contributed by atoms with van der Waals surface area (Å²) >= 11 is 5.97. The molecule has 1 N–H and O–H groups in total. The molecule has 0 radical (unpaired) electrons. The Labute approximate surface area is 137 Å². The molecule has 2 aromatic carbocycles. The topological polar surface area (TPSA) is 55.8 Å². The van der Waals surface area contributed by atoms with Gasteiger partial charge in [-0.25, -0.2) is 4.79 Å². The van der Waals surface area contributed by atoms with Crippen molar-refractivity contribution in [1.29, 1.82) is 0 Å². The van der Waals surface area contributed by atoms with Crippen LogP contribution in [0.1, 0.15) is 35.1 Å². The molecule has 6 rings (SSSR count). The lowest BCUT2D eigenvalue weighted by molar-refractivity contribution is -0.277. The molecule has 4 nitrogen and oxygen atoms in total. The van der Waals surface area contributed by atoms with E-state index in [1.54, 1.807) is 24.3 Å². The van der Waals surface area contributed by atoms with Crippen LogP contribution in [0.5, 0.6) is 0 Å². The predicted molar refractivity (Wildman–Crippen MR) is 81.8 cm³/mol. The van der Waals surface area contributed by atoms with E-state index in [9.17, 15) is 9.90 Å². The third kappa shape index (κ3) is 1.51. The Morgan fingerprint density at radius 3 is 2.52 bits per heavy atom. The number of benzene rings is 2. The highest BCUT2D eigenvalue weighted by molar-refractivity contribution is 6.30. The number of esters is 1. The smallest absolute Gasteiger partial charge is 0.341 e. The average Bonchev–Trinajstić information content (AvgIpc) is 2.71. The third-order valence-electron chi connectivity index (χ3n) is 5.17. The van der Waals surface area contributed by atoms with Gasteiger partial charge in [0.05, 0.1) is 12.0 Å². The summed E-state index contributed by atoms with van der Waals surface area (Å²) in [5, 5.41) is 11.6. The molecule has 0 aromatic heterocycles. The highest BCUT2D eigenvalue weighted by atomic mass is 35.5. The van der Waals surface area contributed by atoms with Gasteiger partial charge in [0.2, 0.25) is 0 Å². The molecular formula is C18H13ClO4. The number of hydrogen-bond donors (Lipinski definition) is 1. The summed E-state index contributed by atoms with van der Waals surface area (Å²) in [6, 6.07) is 14.8. The van der Waals surface area contributed by atoms with E-state index in [-0.39, 0.29) is 12.5 Å². The van der Waals surface area contributed by atoms with E-state index < -0.39 is 23.3 Å². The van der Waals surface area contributed by atoms with Crippen molar-refractivity contribution in [2.45, 2.75) is 29.8 Å². The van der Waals surface area contributed by atoms with E-state index in [4.69, 9.17) is 21.1 Å². The van der Waals surface area contributed by atoms with Crippen molar-refractivity contribution in [3.05, 3.63) is 70.2 Å². The van der Waals surface area contributed by atoms with Crippen molar-refractivity contribution in [3.8, 4) is 0 Å². The van der Waals surface area contributed by atoms with Gasteiger partial charge in [-0.05, 0) is 23.3 Å². The SMILES string of the molecule is O=C1O[C@@]2(c3ccc(Cl)cc3)O[C@@H]3C[C@@]1(O)[C@H]2c1ccccc13. The van der Waals surface area contributed by atoms with Gasteiger partial charge in [0, 0.05) is 17.0 Å². The molecule has 2 saturated heterocycles. The molecule has 2 fully saturated rings. The van der Waals surface area contributed by atoms with Gasteiger partial charge in [-0.1, -0.05) is 48.0 Å². The van der Waals surface area contributed by atoms with Crippen LogP contribution in [0.3, 0.4) is 0 Å². The van der Waals surface area contributed by atoms with Crippen molar-refractivity contribution in [2.24, 2.45) is 0 Å². The second-order valence-electron chi connectivity index (χ2n) is 6.36. The minimum atomic E-state index is -1.54. The first-order chi connectivity index (χ1) is 11.0. The molecule has 4 aliphatic rings. The molecule has 0 spiro atoms. The largest absolute Gasteiger partial charge is 0.426 e. The summed E-state index contributed by atoms with van der Waals surface area (Å²) in [7, 11) is 0. The van der Waals surface area contributed by atoms with Crippen LogP contribution in [0, 0.1) is 0 Å². The van der Waals surface area contributed by atoms with Gasteiger partial charge in [-0.3, -0.25) is 0 Å². The zero-order valence-electron chi connectivity index (χ0n) is 12.0. The fraction of sp³-hybridized carbons (Fsp3) is 0.278. The maximum atomic E-state index is 12.4. The van der Waals surface area contributed by atoms with Gasteiger partial charge in [0.15, 0.2) is 5.60 Å². The highest BCUT2D eigenvalue weighted by Crippen LogP contribution is 2.66. The van der Waals surface area contributed by atoms with Crippen molar-refractivity contribution >= 4 is 17.6 Å². The molecule has 23 heavy (non-hydrogen) atoms. The number of halogens is 1. The molecule has 0 unspecified atom stereocenters. The van der Waals surface area contributed by atoms with Gasteiger partial charge in [0.25, 0.3) is 5.79 Å². The first-order valence-electron chi connectivity index (χ1n) is 7.53. The van der Waals surface area contributed by atoms with Gasteiger partial charge in [-0.15, -0.1) is 0 Å². The molecule has 3 aliphatic heterocycles. The van der Waals surface area contributed by atoms with Crippen molar-refractivity contribution in [1.82, 2.24) is 0 Å². The molecule has 2 aromatic rings. The monoisotopic (exact) mass is 328 g/mol. The Bertz CT molecular complexity index is 833. The second kappa shape index (κ2) is 4.15. The van der Waals surface area contributed by atoms with E-state index >= 15 is 0 Å². The number of ether oxygens (including phenoxy) is 2. The first kappa shape index (κ1) is 13.5. The summed E-state index contributed by atoms with van der Waals surface area (Å²) in [6.45, 7) is 0. The Kier molecular flexibility index (Phi) is 2.44. The maximum absolute atomic E-state index is 12.4. The van der Waals surface area contributed by atoms with Crippen molar-refractivity contribution in [2.75, 3.05) is 0 Å². The zero-order chi connectivity index (χ0) is 15.8. The minimum Gasteiger partial charge on any atom is -0.426 e. The van der Waals surface area contributed by atoms with E-state index in [1.807, 2.05) is 24.3 Å². The van der Waals surface area contributed by atoms with Crippen LogP contribution >= 0.6 is 11.6 Å². The Balaban J connectivity index is 1.78. The van der Waals surface area contributed by atoms with Crippen LogP contribution in [0.15, 0.2) is 48.5 Å². The Hall–Kier alpha value is -1.88. The lowest BCUT2D eigenvalue weighted by Gasteiger charge is -2.49. The minimum absolute atomic E-state index is 0.225. The lowest BCUT2D eigenvalue weighted by Crippen LogP contribution is -2.54. The number of carbonyl (C=O) groups excluding carboxylic acids is 1. The Morgan fingerprint density at radius 2 is 1.78 bits per heavy atom. The maximum Gasteiger partial charge on any atom is 0.341 e. The van der Waals surface area contributed by atoms with Crippen LogP contribution in [0.4, 0.5) is 0 Å².